The number of nitrogens with one attached hydrogen (secondary N) is 1. The number of carbonyl (C=O) groups excluding carboxylic acids is 1. The first kappa shape index (κ1) is 12.9. The quantitative estimate of drug-likeness (QED) is 0.837. The lowest BCUT2D eigenvalue weighted by Crippen LogP contribution is -2.41. The molecule has 0 unspecified atom stereocenters. The standard InChI is InChI=1S/C13H22N4O/c1-3-13(6-5-7-13)9-15-12(18)11-10(14)8-17(4-2)16-11/h8H,3-7,9,14H2,1-2H3,(H,15,18). The van der Waals surface area contributed by atoms with Crippen molar-refractivity contribution in [3.8, 4) is 0 Å². The van der Waals surface area contributed by atoms with Gasteiger partial charge in [-0.15, -0.1) is 0 Å². The van der Waals surface area contributed by atoms with E-state index in [2.05, 4.69) is 17.3 Å². The maximum Gasteiger partial charge on any atom is 0.273 e. The van der Waals surface area contributed by atoms with Crippen LogP contribution in [0.1, 0.15) is 50.0 Å². The summed E-state index contributed by atoms with van der Waals surface area (Å²) >= 11 is 0. The highest BCUT2D eigenvalue weighted by Crippen LogP contribution is 2.43. The maximum absolute atomic E-state index is 12.0. The number of aromatic nitrogens is 2. The second kappa shape index (κ2) is 5.00. The fourth-order valence-electron chi connectivity index (χ4n) is 2.46. The highest BCUT2D eigenvalue weighted by atomic mass is 16.2. The van der Waals surface area contributed by atoms with Gasteiger partial charge in [0.25, 0.3) is 5.91 Å². The predicted molar refractivity (Wildman–Crippen MR) is 71.2 cm³/mol. The van der Waals surface area contributed by atoms with E-state index in [0.29, 0.717) is 16.8 Å². The van der Waals surface area contributed by atoms with E-state index >= 15 is 0 Å². The van der Waals surface area contributed by atoms with E-state index in [4.69, 9.17) is 5.73 Å². The van der Waals surface area contributed by atoms with E-state index in [0.717, 1.165) is 19.5 Å². The first-order valence-electron chi connectivity index (χ1n) is 6.71. The Balaban J connectivity index is 1.97. The second-order valence-electron chi connectivity index (χ2n) is 5.18. The molecule has 0 bridgehead atoms. The maximum atomic E-state index is 12.0. The number of nitrogen functional groups attached to an aromatic ring is 1. The Morgan fingerprint density at radius 1 is 1.56 bits per heavy atom. The molecule has 1 aliphatic carbocycles. The van der Waals surface area contributed by atoms with Gasteiger partial charge in [-0.05, 0) is 31.6 Å². The number of rotatable bonds is 5. The van der Waals surface area contributed by atoms with Crippen LogP contribution in [0.3, 0.4) is 0 Å². The Labute approximate surface area is 108 Å². The van der Waals surface area contributed by atoms with Crippen molar-refractivity contribution in [2.75, 3.05) is 12.3 Å². The van der Waals surface area contributed by atoms with Gasteiger partial charge in [-0.25, -0.2) is 0 Å². The molecule has 2 rings (SSSR count). The minimum atomic E-state index is -0.153. The van der Waals surface area contributed by atoms with Crippen LogP contribution in [0.4, 0.5) is 5.69 Å². The number of hydrogen-bond donors (Lipinski definition) is 2. The lowest BCUT2D eigenvalue weighted by Gasteiger charge is -2.41. The fourth-order valence-corrected chi connectivity index (χ4v) is 2.46. The Morgan fingerprint density at radius 3 is 2.72 bits per heavy atom. The molecule has 1 saturated carbocycles. The van der Waals surface area contributed by atoms with E-state index in [1.165, 1.54) is 19.3 Å². The van der Waals surface area contributed by atoms with Gasteiger partial charge in [0.2, 0.25) is 0 Å². The van der Waals surface area contributed by atoms with Crippen molar-refractivity contribution < 1.29 is 4.79 Å². The Bertz CT molecular complexity index is 429. The number of nitrogens with zero attached hydrogens (tertiary/aromatic N) is 2. The summed E-state index contributed by atoms with van der Waals surface area (Å²) in [5.41, 5.74) is 6.91. The van der Waals surface area contributed by atoms with Crippen molar-refractivity contribution in [3.63, 3.8) is 0 Å². The molecular formula is C13H22N4O. The zero-order valence-electron chi connectivity index (χ0n) is 11.2. The van der Waals surface area contributed by atoms with Crippen LogP contribution < -0.4 is 11.1 Å². The van der Waals surface area contributed by atoms with Crippen LogP contribution >= 0.6 is 0 Å². The van der Waals surface area contributed by atoms with Crippen molar-refractivity contribution >= 4 is 11.6 Å². The van der Waals surface area contributed by atoms with E-state index in [9.17, 15) is 4.79 Å². The average Bonchev–Trinajstić information content (AvgIpc) is 2.69. The summed E-state index contributed by atoms with van der Waals surface area (Å²) in [7, 11) is 0. The van der Waals surface area contributed by atoms with Gasteiger partial charge in [-0.1, -0.05) is 13.3 Å². The van der Waals surface area contributed by atoms with Gasteiger partial charge >= 0.3 is 0 Å². The minimum Gasteiger partial charge on any atom is -0.396 e. The fraction of sp³-hybridized carbons (Fsp3) is 0.692. The van der Waals surface area contributed by atoms with E-state index in [-0.39, 0.29) is 5.91 Å². The van der Waals surface area contributed by atoms with Gasteiger partial charge < -0.3 is 11.1 Å². The summed E-state index contributed by atoms with van der Waals surface area (Å²) in [5.74, 6) is -0.153. The first-order chi connectivity index (χ1) is 8.60. The topological polar surface area (TPSA) is 72.9 Å². The molecule has 0 spiro atoms. The van der Waals surface area contributed by atoms with E-state index in [1.54, 1.807) is 10.9 Å². The van der Waals surface area contributed by atoms with Gasteiger partial charge in [0.15, 0.2) is 5.69 Å². The summed E-state index contributed by atoms with van der Waals surface area (Å²) in [4.78, 5) is 12.0. The summed E-state index contributed by atoms with van der Waals surface area (Å²) < 4.78 is 1.68. The normalized spacial score (nSPS) is 17.2. The molecule has 18 heavy (non-hydrogen) atoms. The van der Waals surface area contributed by atoms with Gasteiger partial charge in [-0.2, -0.15) is 5.10 Å². The average molecular weight is 250 g/mol. The lowest BCUT2D eigenvalue weighted by atomic mass is 9.67. The molecule has 1 heterocycles. The molecule has 3 N–H and O–H groups in total. The molecule has 0 radical (unpaired) electrons. The van der Waals surface area contributed by atoms with Crippen LogP contribution in [0.2, 0.25) is 0 Å². The number of anilines is 1. The van der Waals surface area contributed by atoms with E-state index < -0.39 is 0 Å². The Kier molecular flexibility index (Phi) is 3.59. The molecule has 1 amide bonds. The smallest absolute Gasteiger partial charge is 0.273 e. The third kappa shape index (κ3) is 2.35. The second-order valence-corrected chi connectivity index (χ2v) is 5.18. The number of aryl methyl sites for hydroxylation is 1. The predicted octanol–water partition coefficient (Wildman–Crippen LogP) is 1.80. The highest BCUT2D eigenvalue weighted by Gasteiger charge is 2.35. The van der Waals surface area contributed by atoms with Gasteiger partial charge in [0, 0.05) is 19.3 Å². The third-order valence-corrected chi connectivity index (χ3v) is 4.12. The van der Waals surface area contributed by atoms with Crippen molar-refractivity contribution in [3.05, 3.63) is 11.9 Å². The molecule has 1 aliphatic rings. The Morgan fingerprint density at radius 2 is 2.28 bits per heavy atom. The highest BCUT2D eigenvalue weighted by molar-refractivity contribution is 5.97. The lowest BCUT2D eigenvalue weighted by molar-refractivity contribution is 0.0845. The van der Waals surface area contributed by atoms with Gasteiger partial charge in [0.1, 0.15) is 0 Å². The molecule has 0 saturated heterocycles. The van der Waals surface area contributed by atoms with Crippen molar-refractivity contribution in [1.82, 2.24) is 15.1 Å². The number of carbonyl (C=O) groups is 1. The van der Waals surface area contributed by atoms with Crippen LogP contribution in [0.15, 0.2) is 6.20 Å². The third-order valence-electron chi connectivity index (χ3n) is 4.12. The SMILES string of the molecule is CCn1cc(N)c(C(=O)NCC2(CC)CCC2)n1. The monoisotopic (exact) mass is 250 g/mol. The van der Waals surface area contributed by atoms with Gasteiger partial charge in [-0.3, -0.25) is 9.48 Å². The molecule has 5 heteroatoms. The molecule has 0 aliphatic heterocycles. The van der Waals surface area contributed by atoms with Crippen molar-refractivity contribution in [2.45, 2.75) is 46.1 Å². The zero-order chi connectivity index (χ0) is 13.2. The largest absolute Gasteiger partial charge is 0.396 e. The molecule has 0 aromatic carbocycles. The molecule has 1 aromatic heterocycles. The first-order valence-corrected chi connectivity index (χ1v) is 6.71. The molecule has 1 aromatic rings. The number of nitrogens with two attached hydrogens (primary N) is 1. The number of hydrogen-bond acceptors (Lipinski definition) is 3. The van der Waals surface area contributed by atoms with Crippen LogP contribution in [0, 0.1) is 5.41 Å². The Hall–Kier alpha value is -1.52. The molecule has 1 fully saturated rings. The van der Waals surface area contributed by atoms with Crippen LogP contribution in [0.25, 0.3) is 0 Å². The van der Waals surface area contributed by atoms with Crippen molar-refractivity contribution in [1.29, 1.82) is 0 Å². The summed E-state index contributed by atoms with van der Waals surface area (Å²) in [5, 5.41) is 7.15. The molecular weight excluding hydrogens is 228 g/mol. The van der Waals surface area contributed by atoms with Crippen molar-refractivity contribution in [2.24, 2.45) is 5.41 Å². The van der Waals surface area contributed by atoms with Crippen LogP contribution in [0.5, 0.6) is 0 Å². The molecule has 100 valence electrons. The molecule has 0 atom stereocenters. The van der Waals surface area contributed by atoms with Crippen LogP contribution in [-0.2, 0) is 6.54 Å². The van der Waals surface area contributed by atoms with Gasteiger partial charge in [0.05, 0.1) is 5.69 Å². The minimum absolute atomic E-state index is 0.153. The number of amides is 1. The van der Waals surface area contributed by atoms with E-state index in [1.807, 2.05) is 6.92 Å². The summed E-state index contributed by atoms with van der Waals surface area (Å²) in [6, 6.07) is 0. The van der Waals surface area contributed by atoms with Crippen LogP contribution in [-0.4, -0.2) is 22.2 Å². The zero-order valence-corrected chi connectivity index (χ0v) is 11.2. The molecule has 5 nitrogen and oxygen atoms in total. The summed E-state index contributed by atoms with van der Waals surface area (Å²) in [6.07, 6.45) is 6.52. The summed E-state index contributed by atoms with van der Waals surface area (Å²) in [6.45, 7) is 5.61.